The molecule has 0 aliphatic heterocycles. The molecule has 0 heterocycles. The molecule has 0 radical (unpaired) electrons. The zero-order valence-corrected chi connectivity index (χ0v) is 3.75. The van der Waals surface area contributed by atoms with Crippen LogP contribution in [-0.4, -0.2) is 15.5 Å². The van der Waals surface area contributed by atoms with Crippen molar-refractivity contribution in [2.75, 3.05) is 0 Å². The van der Waals surface area contributed by atoms with Crippen LogP contribution in [0.15, 0.2) is 11.7 Å². The van der Waals surface area contributed by atoms with Gasteiger partial charge in [0.2, 0.25) is 5.76 Å². The van der Waals surface area contributed by atoms with Gasteiger partial charge in [-0.2, -0.15) is 0 Å². The van der Waals surface area contributed by atoms with Crippen LogP contribution in [0, 0.1) is 0 Å². The zero-order valence-electron chi connectivity index (χ0n) is 3.75. The van der Waals surface area contributed by atoms with Crippen molar-refractivity contribution < 1.29 is 20.4 Å². The molecule has 0 fully saturated rings. The van der Waals surface area contributed by atoms with Gasteiger partial charge in [0.1, 0.15) is 0 Å². The fourth-order valence-corrected chi connectivity index (χ4v) is 0.0408. The van der Waals surface area contributed by atoms with Gasteiger partial charge in [0, 0.05) is 6.92 Å². The summed E-state index contributed by atoms with van der Waals surface area (Å²) in [6, 6.07) is 0. The van der Waals surface area contributed by atoms with E-state index in [-0.39, 0.29) is 5.76 Å². The quantitative estimate of drug-likeness (QED) is 0.262. The molecule has 0 saturated heterocycles. The molecule has 0 aromatic carbocycles. The molecule has 4 heteroatoms. The Hall–Kier alpha value is -0.900. The largest absolute Gasteiger partial charge is 0.479 e. The molecule has 4 nitrogen and oxygen atoms in total. The summed E-state index contributed by atoms with van der Waals surface area (Å²) in [5.41, 5.74) is 0. The van der Waals surface area contributed by atoms with Crippen LogP contribution < -0.4 is 0 Å². The first-order chi connectivity index (χ1) is 3.18. The minimum Gasteiger partial charge on any atom is -0.479 e. The number of rotatable bonds is 1. The number of hydrogen-bond acceptors (Lipinski definition) is 4. The van der Waals surface area contributed by atoms with Crippen molar-refractivity contribution in [1.82, 2.24) is 0 Å². The van der Waals surface area contributed by atoms with Crippen LogP contribution in [0.4, 0.5) is 0 Å². The molecular weight excluding hydrogens is 100 g/mol. The molecule has 0 atom stereocenters. The number of hydrogen-bond donors (Lipinski definition) is 3. The predicted octanol–water partition coefficient (Wildman–Crippen LogP) is 0.781. The topological polar surface area (TPSA) is 69.9 Å². The smallest absolute Gasteiger partial charge is 0.317 e. The normalized spacial score (nSPS) is 7.71. The van der Waals surface area contributed by atoms with Gasteiger partial charge in [0.05, 0.1) is 0 Å². The second-order valence-electron chi connectivity index (χ2n) is 0.971. The Kier molecular flexibility index (Phi) is 2.01. The van der Waals surface area contributed by atoms with Crippen molar-refractivity contribution in [2.24, 2.45) is 0 Å². The molecular formula is C3H6O4. The molecule has 7 heavy (non-hydrogen) atoms. The lowest BCUT2D eigenvalue weighted by atomic mass is 10.6. The molecule has 0 aromatic heterocycles. The molecule has 0 unspecified atom stereocenters. The SMILES string of the molecule is CC(OO)=C(O)O. The van der Waals surface area contributed by atoms with Crippen molar-refractivity contribution in [3.8, 4) is 0 Å². The maximum atomic E-state index is 7.97. The van der Waals surface area contributed by atoms with Crippen LogP contribution in [0.2, 0.25) is 0 Å². The van der Waals surface area contributed by atoms with Crippen molar-refractivity contribution in [3.05, 3.63) is 11.7 Å². The fourth-order valence-electron chi connectivity index (χ4n) is 0.0408. The van der Waals surface area contributed by atoms with E-state index in [2.05, 4.69) is 4.89 Å². The number of aliphatic hydroxyl groups excluding tert-OH is 1. The lowest BCUT2D eigenvalue weighted by Gasteiger charge is -1.91. The first-order valence-electron chi connectivity index (χ1n) is 1.58. The summed E-state index contributed by atoms with van der Waals surface area (Å²) < 4.78 is 0. The molecule has 3 N–H and O–H groups in total. The predicted molar refractivity (Wildman–Crippen MR) is 21.7 cm³/mol. The molecule has 0 rings (SSSR count). The molecule has 0 aliphatic rings. The molecule has 0 amide bonds. The Bertz CT molecular complexity index is 80.9. The van der Waals surface area contributed by atoms with E-state index < -0.39 is 5.95 Å². The summed E-state index contributed by atoms with van der Waals surface area (Å²) in [4.78, 5) is 3.39. The first kappa shape index (κ1) is 6.10. The lowest BCUT2D eigenvalue weighted by Crippen LogP contribution is -1.87. The van der Waals surface area contributed by atoms with Gasteiger partial charge in [0.25, 0.3) is 0 Å². The Morgan fingerprint density at radius 1 is 1.43 bits per heavy atom. The summed E-state index contributed by atoms with van der Waals surface area (Å²) in [6.07, 6.45) is 0. The Morgan fingerprint density at radius 2 is 1.86 bits per heavy atom. The average molecular weight is 106 g/mol. The van der Waals surface area contributed by atoms with Crippen molar-refractivity contribution >= 4 is 0 Å². The minimum atomic E-state index is -1.01. The highest BCUT2D eigenvalue weighted by Crippen LogP contribution is 1.93. The summed E-state index contributed by atoms with van der Waals surface area (Å²) in [7, 11) is 0. The summed E-state index contributed by atoms with van der Waals surface area (Å²) >= 11 is 0. The highest BCUT2D eigenvalue weighted by molar-refractivity contribution is 4.84. The highest BCUT2D eigenvalue weighted by Gasteiger charge is 1.93. The summed E-state index contributed by atoms with van der Waals surface area (Å²) in [5, 5.41) is 23.6. The van der Waals surface area contributed by atoms with Gasteiger partial charge < -0.3 is 15.1 Å². The van der Waals surface area contributed by atoms with E-state index >= 15 is 0 Å². The monoisotopic (exact) mass is 106 g/mol. The van der Waals surface area contributed by atoms with E-state index in [4.69, 9.17) is 15.5 Å². The van der Waals surface area contributed by atoms with E-state index in [0.29, 0.717) is 0 Å². The van der Waals surface area contributed by atoms with Crippen LogP contribution in [0.3, 0.4) is 0 Å². The molecule has 0 saturated carbocycles. The Morgan fingerprint density at radius 3 is 1.86 bits per heavy atom. The van der Waals surface area contributed by atoms with Crippen LogP contribution in [-0.2, 0) is 4.89 Å². The Balaban J connectivity index is 3.72. The third-order valence-corrected chi connectivity index (χ3v) is 0.452. The summed E-state index contributed by atoms with van der Waals surface area (Å²) in [6.45, 7) is 1.20. The molecule has 0 spiro atoms. The molecule has 0 aliphatic carbocycles. The highest BCUT2D eigenvalue weighted by atomic mass is 17.1. The van der Waals surface area contributed by atoms with Crippen LogP contribution in [0.5, 0.6) is 0 Å². The van der Waals surface area contributed by atoms with E-state index in [0.717, 1.165) is 0 Å². The van der Waals surface area contributed by atoms with Gasteiger partial charge in [-0.15, -0.1) is 0 Å². The first-order valence-corrected chi connectivity index (χ1v) is 1.58. The fraction of sp³-hybridized carbons (Fsp3) is 0.333. The molecule has 0 aromatic rings. The zero-order chi connectivity index (χ0) is 5.86. The standard InChI is InChI=1S/C3H6O4/c1-2(7-6)3(4)5/h4-6H,1H3. The van der Waals surface area contributed by atoms with Gasteiger partial charge in [-0.05, 0) is 0 Å². The van der Waals surface area contributed by atoms with E-state index in [1.807, 2.05) is 0 Å². The number of aliphatic hydroxyl groups is 2. The van der Waals surface area contributed by atoms with E-state index in [1.165, 1.54) is 6.92 Å². The van der Waals surface area contributed by atoms with Gasteiger partial charge in [-0.3, -0.25) is 0 Å². The van der Waals surface area contributed by atoms with Crippen LogP contribution in [0.25, 0.3) is 0 Å². The second kappa shape index (κ2) is 2.30. The van der Waals surface area contributed by atoms with Gasteiger partial charge in [0.15, 0.2) is 0 Å². The summed E-state index contributed by atoms with van der Waals surface area (Å²) in [5.74, 6) is -1.33. The second-order valence-corrected chi connectivity index (χ2v) is 0.971. The maximum Gasteiger partial charge on any atom is 0.317 e. The Labute approximate surface area is 40.2 Å². The van der Waals surface area contributed by atoms with Crippen LogP contribution >= 0.6 is 0 Å². The van der Waals surface area contributed by atoms with Crippen molar-refractivity contribution in [3.63, 3.8) is 0 Å². The van der Waals surface area contributed by atoms with Gasteiger partial charge in [-0.25, -0.2) is 5.26 Å². The third kappa shape index (κ3) is 1.88. The van der Waals surface area contributed by atoms with E-state index in [9.17, 15) is 0 Å². The van der Waals surface area contributed by atoms with Crippen molar-refractivity contribution in [2.45, 2.75) is 6.92 Å². The maximum absolute atomic E-state index is 7.97. The minimum absolute atomic E-state index is 0.319. The third-order valence-electron chi connectivity index (χ3n) is 0.452. The lowest BCUT2D eigenvalue weighted by molar-refractivity contribution is -0.208. The van der Waals surface area contributed by atoms with Crippen LogP contribution in [0.1, 0.15) is 6.92 Å². The molecule has 42 valence electrons. The number of allylic oxidation sites excluding steroid dienone is 1. The van der Waals surface area contributed by atoms with Crippen molar-refractivity contribution in [1.29, 1.82) is 0 Å². The van der Waals surface area contributed by atoms with Gasteiger partial charge >= 0.3 is 5.95 Å². The van der Waals surface area contributed by atoms with Gasteiger partial charge in [-0.1, -0.05) is 0 Å². The average Bonchev–Trinajstić information content (AvgIpc) is 1.65. The van der Waals surface area contributed by atoms with E-state index in [1.54, 1.807) is 0 Å². The molecule has 0 bridgehead atoms.